The van der Waals surface area contributed by atoms with Crippen LogP contribution in [0.4, 0.5) is 5.69 Å². The van der Waals surface area contributed by atoms with E-state index in [4.69, 9.17) is 9.84 Å². The first-order valence-corrected chi connectivity index (χ1v) is 5.66. The zero-order chi connectivity index (χ0) is 12.7. The minimum Gasteiger partial charge on any atom is -0.394 e. The Morgan fingerprint density at radius 1 is 1.53 bits per heavy atom. The molecule has 1 heterocycles. The molecular weight excluding hydrogens is 222 g/mol. The van der Waals surface area contributed by atoms with Gasteiger partial charge in [-0.25, -0.2) is 4.68 Å². The number of rotatable bonds is 7. The zero-order valence-corrected chi connectivity index (χ0v) is 10.3. The van der Waals surface area contributed by atoms with Crippen molar-refractivity contribution in [3.63, 3.8) is 0 Å². The van der Waals surface area contributed by atoms with Crippen LogP contribution in [0.2, 0.25) is 0 Å². The smallest absolute Gasteiger partial charge is 0.268 e. The average Bonchev–Trinajstić information content (AvgIpc) is 2.35. The van der Waals surface area contributed by atoms with Gasteiger partial charge in [0.25, 0.3) is 5.56 Å². The predicted octanol–water partition coefficient (Wildman–Crippen LogP) is -0.292. The van der Waals surface area contributed by atoms with Gasteiger partial charge in [-0.2, -0.15) is 5.10 Å². The van der Waals surface area contributed by atoms with Crippen LogP contribution in [-0.4, -0.2) is 48.3 Å². The molecule has 96 valence electrons. The summed E-state index contributed by atoms with van der Waals surface area (Å²) in [5.41, 5.74) is 0.667. The van der Waals surface area contributed by atoms with Crippen molar-refractivity contribution in [3.8, 4) is 0 Å². The van der Waals surface area contributed by atoms with Crippen molar-refractivity contribution < 1.29 is 9.84 Å². The van der Waals surface area contributed by atoms with Gasteiger partial charge in [0.1, 0.15) is 0 Å². The number of aliphatic hydroxyl groups is 1. The van der Waals surface area contributed by atoms with Crippen LogP contribution in [0, 0.1) is 0 Å². The van der Waals surface area contributed by atoms with Crippen LogP contribution >= 0.6 is 0 Å². The fraction of sp³-hybridized carbons (Fsp3) is 0.636. The second kappa shape index (κ2) is 7.03. The van der Waals surface area contributed by atoms with E-state index in [1.165, 1.54) is 4.68 Å². The molecule has 0 spiro atoms. The molecule has 0 aliphatic carbocycles. The summed E-state index contributed by atoms with van der Waals surface area (Å²) in [6.45, 7) is 3.87. The van der Waals surface area contributed by atoms with E-state index < -0.39 is 0 Å². The third-order valence-electron chi connectivity index (χ3n) is 2.45. The topological polar surface area (TPSA) is 67.6 Å². The largest absolute Gasteiger partial charge is 0.394 e. The lowest BCUT2D eigenvalue weighted by Crippen LogP contribution is -2.27. The first-order valence-electron chi connectivity index (χ1n) is 5.66. The molecule has 1 N–H and O–H groups in total. The average molecular weight is 241 g/mol. The van der Waals surface area contributed by atoms with Crippen molar-refractivity contribution in [1.29, 1.82) is 0 Å². The molecule has 17 heavy (non-hydrogen) atoms. The summed E-state index contributed by atoms with van der Waals surface area (Å²) in [7, 11) is 1.91. The van der Waals surface area contributed by atoms with Crippen LogP contribution in [0.15, 0.2) is 17.1 Å². The Morgan fingerprint density at radius 3 is 2.88 bits per heavy atom. The molecule has 1 aromatic rings. The molecule has 0 fully saturated rings. The molecule has 0 unspecified atom stereocenters. The Kier molecular flexibility index (Phi) is 5.65. The summed E-state index contributed by atoms with van der Waals surface area (Å²) in [4.78, 5) is 13.6. The van der Waals surface area contributed by atoms with Gasteiger partial charge in [0, 0.05) is 19.7 Å². The molecule has 0 aromatic carbocycles. The minimum atomic E-state index is -0.143. The zero-order valence-electron chi connectivity index (χ0n) is 10.3. The Balaban J connectivity index is 2.60. The molecular formula is C11H19N3O3. The van der Waals surface area contributed by atoms with Gasteiger partial charge in [-0.1, -0.05) is 0 Å². The molecule has 1 rings (SSSR count). The molecule has 0 radical (unpaired) electrons. The van der Waals surface area contributed by atoms with Crippen molar-refractivity contribution in [2.45, 2.75) is 13.5 Å². The van der Waals surface area contributed by atoms with Crippen molar-refractivity contribution >= 4 is 5.69 Å². The van der Waals surface area contributed by atoms with Crippen molar-refractivity contribution in [1.82, 2.24) is 9.78 Å². The number of nitrogens with zero attached hydrogens (tertiary/aromatic N) is 3. The highest BCUT2D eigenvalue weighted by molar-refractivity contribution is 5.41. The second-order valence-corrected chi connectivity index (χ2v) is 3.63. The van der Waals surface area contributed by atoms with Gasteiger partial charge in [0.15, 0.2) is 0 Å². The summed E-state index contributed by atoms with van der Waals surface area (Å²) >= 11 is 0. The molecule has 6 heteroatoms. The third-order valence-corrected chi connectivity index (χ3v) is 2.45. The molecule has 0 amide bonds. The molecule has 0 saturated heterocycles. The minimum absolute atomic E-state index is 0.0113. The highest BCUT2D eigenvalue weighted by Gasteiger charge is 2.02. The van der Waals surface area contributed by atoms with Gasteiger partial charge >= 0.3 is 0 Å². The molecule has 0 aliphatic rings. The number of ether oxygens (including phenoxy) is 1. The van der Waals surface area contributed by atoms with E-state index in [9.17, 15) is 4.79 Å². The van der Waals surface area contributed by atoms with E-state index in [2.05, 4.69) is 5.10 Å². The summed E-state index contributed by atoms with van der Waals surface area (Å²) in [5.74, 6) is 0. The third kappa shape index (κ3) is 4.16. The Bertz CT molecular complexity index is 392. The van der Waals surface area contributed by atoms with Crippen LogP contribution in [0.1, 0.15) is 6.92 Å². The van der Waals surface area contributed by atoms with Gasteiger partial charge in [-0.05, 0) is 6.92 Å². The van der Waals surface area contributed by atoms with E-state index in [0.29, 0.717) is 13.2 Å². The van der Waals surface area contributed by atoms with Gasteiger partial charge < -0.3 is 14.7 Å². The summed E-state index contributed by atoms with van der Waals surface area (Å²) in [6.07, 6.45) is 1.66. The monoisotopic (exact) mass is 241 g/mol. The fourth-order valence-electron chi connectivity index (χ4n) is 1.30. The highest BCUT2D eigenvalue weighted by Crippen LogP contribution is 2.05. The Morgan fingerprint density at radius 2 is 2.29 bits per heavy atom. The lowest BCUT2D eigenvalue weighted by molar-refractivity contribution is 0.0847. The normalized spacial score (nSPS) is 10.5. The lowest BCUT2D eigenvalue weighted by atomic mass is 10.4. The van der Waals surface area contributed by atoms with Gasteiger partial charge in [0.05, 0.1) is 38.2 Å². The van der Waals surface area contributed by atoms with E-state index in [1.807, 2.05) is 18.9 Å². The molecule has 6 nitrogen and oxygen atoms in total. The maximum atomic E-state index is 11.7. The van der Waals surface area contributed by atoms with Gasteiger partial charge in [-0.15, -0.1) is 0 Å². The highest BCUT2D eigenvalue weighted by atomic mass is 16.5. The lowest BCUT2D eigenvalue weighted by Gasteiger charge is -2.16. The standard InChI is InChI=1S/C11H19N3O3/c1-3-13(2)10-8-11(16)14(12-9-10)4-6-17-7-5-15/h8-9,15H,3-7H2,1-2H3. The molecule has 0 aliphatic heterocycles. The number of hydrogen-bond donors (Lipinski definition) is 1. The molecule has 1 aromatic heterocycles. The van der Waals surface area contributed by atoms with Crippen molar-refractivity contribution in [2.75, 3.05) is 38.3 Å². The Hall–Kier alpha value is -1.40. The van der Waals surface area contributed by atoms with Gasteiger partial charge in [-0.3, -0.25) is 4.79 Å². The maximum absolute atomic E-state index is 11.7. The van der Waals surface area contributed by atoms with Crippen LogP contribution in [0.25, 0.3) is 0 Å². The maximum Gasteiger partial charge on any atom is 0.268 e. The SMILES string of the molecule is CCN(C)c1cnn(CCOCCO)c(=O)c1. The van der Waals surface area contributed by atoms with Crippen LogP contribution in [0.3, 0.4) is 0 Å². The van der Waals surface area contributed by atoms with Crippen LogP contribution in [0.5, 0.6) is 0 Å². The first kappa shape index (κ1) is 13.7. The second-order valence-electron chi connectivity index (χ2n) is 3.63. The number of hydrogen-bond acceptors (Lipinski definition) is 5. The quantitative estimate of drug-likeness (QED) is 0.664. The molecule has 0 bridgehead atoms. The number of aromatic nitrogens is 2. The number of aliphatic hydroxyl groups excluding tert-OH is 1. The summed E-state index contributed by atoms with van der Waals surface area (Å²) in [5, 5.41) is 12.6. The number of anilines is 1. The predicted molar refractivity (Wildman–Crippen MR) is 65.3 cm³/mol. The van der Waals surface area contributed by atoms with Crippen molar-refractivity contribution in [3.05, 3.63) is 22.6 Å². The summed E-state index contributed by atoms with van der Waals surface area (Å²) < 4.78 is 6.43. The fourth-order valence-corrected chi connectivity index (χ4v) is 1.30. The van der Waals surface area contributed by atoms with Crippen LogP contribution in [-0.2, 0) is 11.3 Å². The van der Waals surface area contributed by atoms with E-state index in [0.717, 1.165) is 12.2 Å². The molecule has 0 saturated carbocycles. The van der Waals surface area contributed by atoms with Crippen molar-refractivity contribution in [2.24, 2.45) is 0 Å². The van der Waals surface area contributed by atoms with E-state index in [-0.39, 0.29) is 18.8 Å². The van der Waals surface area contributed by atoms with Gasteiger partial charge in [0.2, 0.25) is 0 Å². The van der Waals surface area contributed by atoms with Crippen LogP contribution < -0.4 is 10.5 Å². The first-order chi connectivity index (χ1) is 8.19. The van der Waals surface area contributed by atoms with E-state index >= 15 is 0 Å². The summed E-state index contributed by atoms with van der Waals surface area (Å²) in [6, 6.07) is 1.56. The Labute approximate surface area is 100 Å². The van der Waals surface area contributed by atoms with E-state index in [1.54, 1.807) is 12.3 Å². The molecule has 0 atom stereocenters.